The molecule has 2 heterocycles. The Bertz CT molecular complexity index is 1150. The third-order valence-electron chi connectivity index (χ3n) is 4.69. The average Bonchev–Trinajstić information content (AvgIpc) is 2.70. The smallest absolute Gasteiger partial charge is 0.291 e. The van der Waals surface area contributed by atoms with Gasteiger partial charge in [-0.25, -0.2) is 9.29 Å². The van der Waals surface area contributed by atoms with Crippen LogP contribution in [0.3, 0.4) is 0 Å². The maximum Gasteiger partial charge on any atom is 0.325 e. The number of aromatic nitrogens is 3. The predicted octanol–water partition coefficient (Wildman–Crippen LogP) is 3.28. The summed E-state index contributed by atoms with van der Waals surface area (Å²) >= 11 is 1.43. The van der Waals surface area contributed by atoms with Gasteiger partial charge in [0.1, 0.15) is 5.82 Å². The number of aromatic amines is 1. The van der Waals surface area contributed by atoms with Crippen molar-refractivity contribution in [2.75, 3.05) is 10.7 Å². The van der Waals surface area contributed by atoms with Crippen LogP contribution >= 0.6 is 11.8 Å². The molecule has 0 aliphatic carbocycles. The van der Waals surface area contributed by atoms with Crippen LogP contribution in [0.1, 0.15) is 32.0 Å². The van der Waals surface area contributed by atoms with Gasteiger partial charge < -0.3 is 0 Å². The number of nitrogens with zero attached hydrogens (tertiary/aromatic N) is 3. The summed E-state index contributed by atoms with van der Waals surface area (Å²) in [7, 11) is 0. The third-order valence-corrected chi connectivity index (χ3v) is 5.76. The van der Waals surface area contributed by atoms with E-state index in [0.29, 0.717) is 27.7 Å². The van der Waals surface area contributed by atoms with Crippen LogP contribution in [-0.2, 0) is 4.79 Å². The molecule has 1 aliphatic rings. The molecule has 0 spiro atoms. The zero-order valence-corrected chi connectivity index (χ0v) is 16.9. The third kappa shape index (κ3) is 3.44. The largest absolute Gasteiger partial charge is 0.325 e. The average molecular weight is 411 g/mol. The molecule has 2 aromatic carbocycles. The van der Waals surface area contributed by atoms with Crippen molar-refractivity contribution in [3.05, 3.63) is 70.3 Å². The molecule has 1 aromatic heterocycles. The van der Waals surface area contributed by atoms with Crippen LogP contribution in [0.5, 0.6) is 0 Å². The van der Waals surface area contributed by atoms with Crippen molar-refractivity contribution < 1.29 is 13.9 Å². The molecule has 1 aliphatic heterocycles. The second-order valence-corrected chi connectivity index (χ2v) is 7.82. The Morgan fingerprint density at radius 3 is 2.79 bits per heavy atom. The van der Waals surface area contributed by atoms with Gasteiger partial charge in [-0.05, 0) is 41.4 Å². The summed E-state index contributed by atoms with van der Waals surface area (Å²) in [6.07, 6.45) is 0.155. The molecule has 1 amide bonds. The summed E-state index contributed by atoms with van der Waals surface area (Å²) in [5.74, 6) is 0.145. The minimum Gasteiger partial charge on any atom is -0.291 e. The van der Waals surface area contributed by atoms with Crippen molar-refractivity contribution in [3.8, 4) is 11.3 Å². The number of anilines is 1. The maximum atomic E-state index is 14.0. The van der Waals surface area contributed by atoms with Crippen molar-refractivity contribution in [2.24, 2.45) is 0 Å². The highest BCUT2D eigenvalue weighted by molar-refractivity contribution is 7.99. The molecule has 0 unspecified atom stereocenters. The SMILES string of the molecule is CCCSc1n[n+]2c(c(=O)[nH]1)-c1ccccc1N(C(C)=O)[C@H]2c1cccc(F)c1. The highest BCUT2D eigenvalue weighted by Crippen LogP contribution is 2.37. The summed E-state index contributed by atoms with van der Waals surface area (Å²) in [5, 5.41) is 5.10. The number of hydrogen-bond donors (Lipinski definition) is 1. The number of nitrogens with one attached hydrogen (secondary N) is 1. The lowest BCUT2D eigenvalue weighted by atomic mass is 10.0. The van der Waals surface area contributed by atoms with Crippen LogP contribution in [0, 0.1) is 5.82 Å². The minimum absolute atomic E-state index is 0.227. The first-order valence-corrected chi connectivity index (χ1v) is 10.3. The molecule has 29 heavy (non-hydrogen) atoms. The minimum atomic E-state index is -0.767. The molecule has 8 heteroatoms. The van der Waals surface area contributed by atoms with E-state index in [1.807, 2.05) is 13.0 Å². The molecule has 1 atom stereocenters. The number of halogens is 1. The van der Waals surface area contributed by atoms with Gasteiger partial charge in [0.15, 0.2) is 0 Å². The van der Waals surface area contributed by atoms with Crippen LogP contribution < -0.4 is 15.1 Å². The molecular weight excluding hydrogens is 391 g/mol. The fourth-order valence-corrected chi connectivity index (χ4v) is 4.25. The first kappa shape index (κ1) is 19.3. The molecule has 3 aromatic rings. The van der Waals surface area contributed by atoms with Crippen molar-refractivity contribution in [3.63, 3.8) is 0 Å². The van der Waals surface area contributed by atoms with Gasteiger partial charge in [0.05, 0.1) is 11.3 Å². The fraction of sp³-hybridized carbons (Fsp3) is 0.238. The molecule has 6 nitrogen and oxygen atoms in total. The van der Waals surface area contributed by atoms with E-state index in [4.69, 9.17) is 0 Å². The second-order valence-electron chi connectivity index (χ2n) is 6.74. The van der Waals surface area contributed by atoms with Crippen LogP contribution in [0.25, 0.3) is 11.3 Å². The van der Waals surface area contributed by atoms with Crippen LogP contribution in [-0.4, -0.2) is 21.7 Å². The predicted molar refractivity (Wildman–Crippen MR) is 109 cm³/mol. The van der Waals surface area contributed by atoms with Gasteiger partial charge in [0.25, 0.3) is 6.17 Å². The normalized spacial score (nSPS) is 15.0. The van der Waals surface area contributed by atoms with Crippen LogP contribution in [0.4, 0.5) is 10.1 Å². The fourth-order valence-electron chi connectivity index (χ4n) is 3.54. The van der Waals surface area contributed by atoms with E-state index in [1.54, 1.807) is 35.2 Å². The van der Waals surface area contributed by atoms with Gasteiger partial charge in [-0.15, -0.1) is 0 Å². The lowest BCUT2D eigenvalue weighted by Crippen LogP contribution is -2.60. The number of benzene rings is 2. The van der Waals surface area contributed by atoms with Gasteiger partial charge in [0.2, 0.25) is 11.1 Å². The lowest BCUT2D eigenvalue weighted by molar-refractivity contribution is -0.763. The molecule has 0 radical (unpaired) electrons. The zero-order chi connectivity index (χ0) is 20.5. The van der Waals surface area contributed by atoms with Crippen molar-refractivity contribution in [1.82, 2.24) is 10.1 Å². The highest BCUT2D eigenvalue weighted by Gasteiger charge is 2.44. The molecular formula is C21H20FN4O2S+. The summed E-state index contributed by atoms with van der Waals surface area (Å²) in [6.45, 7) is 3.49. The summed E-state index contributed by atoms with van der Waals surface area (Å²) in [5.41, 5.74) is 1.78. The Hall–Kier alpha value is -3.00. The number of fused-ring (bicyclic) bond motifs is 3. The Balaban J connectivity index is 2.03. The van der Waals surface area contributed by atoms with E-state index in [2.05, 4.69) is 10.1 Å². The van der Waals surface area contributed by atoms with E-state index < -0.39 is 12.0 Å². The summed E-state index contributed by atoms with van der Waals surface area (Å²) in [6, 6.07) is 13.2. The number of amides is 1. The topological polar surface area (TPSA) is 69.9 Å². The number of H-pyrrole nitrogens is 1. The van der Waals surface area contributed by atoms with Crippen molar-refractivity contribution >= 4 is 23.4 Å². The Morgan fingerprint density at radius 1 is 1.28 bits per heavy atom. The van der Waals surface area contributed by atoms with Crippen molar-refractivity contribution in [1.29, 1.82) is 0 Å². The molecule has 0 bridgehead atoms. The van der Waals surface area contributed by atoms with Crippen molar-refractivity contribution in [2.45, 2.75) is 31.6 Å². The van der Waals surface area contributed by atoms with E-state index in [0.717, 1.165) is 12.2 Å². The van der Waals surface area contributed by atoms with E-state index in [1.165, 1.54) is 35.5 Å². The summed E-state index contributed by atoms with van der Waals surface area (Å²) in [4.78, 5) is 30.1. The molecule has 148 valence electrons. The molecule has 0 saturated carbocycles. The Morgan fingerprint density at radius 2 is 2.07 bits per heavy atom. The number of carbonyl (C=O) groups excluding carboxylic acids is 1. The van der Waals surface area contributed by atoms with Crippen LogP contribution in [0.2, 0.25) is 0 Å². The number of thioether (sulfide) groups is 1. The first-order chi connectivity index (χ1) is 14.0. The zero-order valence-electron chi connectivity index (χ0n) is 16.1. The maximum absolute atomic E-state index is 14.0. The number of carbonyl (C=O) groups is 1. The number of rotatable bonds is 4. The van der Waals surface area contributed by atoms with Gasteiger partial charge in [-0.3, -0.25) is 14.6 Å². The monoisotopic (exact) mass is 411 g/mol. The quantitative estimate of drug-likeness (QED) is 0.528. The van der Waals surface area contributed by atoms with Gasteiger partial charge >= 0.3 is 11.3 Å². The van der Waals surface area contributed by atoms with E-state index >= 15 is 0 Å². The van der Waals surface area contributed by atoms with Gasteiger partial charge in [0, 0.05) is 23.3 Å². The second kappa shape index (κ2) is 7.79. The molecule has 4 rings (SSSR count). The Kier molecular flexibility index (Phi) is 5.19. The van der Waals surface area contributed by atoms with Crippen LogP contribution in [0.15, 0.2) is 58.5 Å². The lowest BCUT2D eigenvalue weighted by Gasteiger charge is -2.31. The summed E-state index contributed by atoms with van der Waals surface area (Å²) < 4.78 is 15.6. The van der Waals surface area contributed by atoms with Gasteiger partial charge in [-0.1, -0.05) is 36.9 Å². The molecule has 0 fully saturated rings. The standard InChI is InChI=1S/C21H19FN4O2S/c1-3-11-29-21-23-19(28)18-16-9-4-5-10-17(16)25(13(2)27)20(26(18)24-21)14-7-6-8-15(22)12-14/h4-10,12,20H,3,11H2,1-2H3/p+1/t20-/m1/s1. The first-order valence-electron chi connectivity index (χ1n) is 9.35. The van der Waals surface area contributed by atoms with E-state index in [9.17, 15) is 14.0 Å². The highest BCUT2D eigenvalue weighted by atomic mass is 32.2. The van der Waals surface area contributed by atoms with Gasteiger partial charge in [-0.2, -0.15) is 0 Å². The molecule has 1 N–H and O–H groups in total. The van der Waals surface area contributed by atoms with E-state index in [-0.39, 0.29) is 11.5 Å². The molecule has 0 saturated heterocycles. The Labute approximate surface area is 171 Å². The number of hydrogen-bond acceptors (Lipinski definition) is 4. The number of para-hydroxylation sites is 1.